The quantitative estimate of drug-likeness (QED) is 0.546. The standard InChI is InChI=1S/C8H9N3O/c1-5-3-4-9-8-7(10-5)11-6(2)12-8/h3-5H,1-2H3. The molecule has 1 atom stereocenters. The highest BCUT2D eigenvalue weighted by Crippen LogP contribution is 1.92. The van der Waals surface area contributed by atoms with Crippen LogP contribution < -0.4 is 11.0 Å². The van der Waals surface area contributed by atoms with Gasteiger partial charge < -0.3 is 4.42 Å². The summed E-state index contributed by atoms with van der Waals surface area (Å²) in [6.45, 7) is 3.76. The van der Waals surface area contributed by atoms with Gasteiger partial charge in [0.05, 0.1) is 6.04 Å². The van der Waals surface area contributed by atoms with Crippen molar-refractivity contribution in [2.75, 3.05) is 0 Å². The van der Waals surface area contributed by atoms with Crippen LogP contribution in [0.3, 0.4) is 0 Å². The van der Waals surface area contributed by atoms with Crippen molar-refractivity contribution >= 4 is 0 Å². The topological polar surface area (TPSA) is 50.8 Å². The van der Waals surface area contributed by atoms with Gasteiger partial charge in [0.25, 0.3) is 5.55 Å². The SMILES string of the molecule is Cc1nc2c(o1)=NC=CC(C)N=2. The lowest BCUT2D eigenvalue weighted by Crippen LogP contribution is -2.23. The number of aromatic nitrogens is 1. The molecule has 0 saturated carbocycles. The summed E-state index contributed by atoms with van der Waals surface area (Å²) in [5.41, 5.74) is 1.11. The van der Waals surface area contributed by atoms with E-state index in [2.05, 4.69) is 15.0 Å². The fourth-order valence-corrected chi connectivity index (χ4v) is 1.04. The molecule has 1 aromatic heterocycles. The normalized spacial score (nSPS) is 20.7. The number of fused-ring (bicyclic) bond motifs is 1. The maximum absolute atomic E-state index is 5.21. The first-order valence-corrected chi connectivity index (χ1v) is 3.81. The number of rotatable bonds is 0. The van der Waals surface area contributed by atoms with Crippen molar-refractivity contribution in [2.24, 2.45) is 9.98 Å². The molecule has 12 heavy (non-hydrogen) atoms. The van der Waals surface area contributed by atoms with Crippen molar-refractivity contribution in [3.63, 3.8) is 0 Å². The van der Waals surface area contributed by atoms with Crippen molar-refractivity contribution in [2.45, 2.75) is 19.9 Å². The van der Waals surface area contributed by atoms with E-state index in [4.69, 9.17) is 4.42 Å². The molecule has 2 rings (SSSR count). The lowest BCUT2D eigenvalue weighted by atomic mass is 10.3. The molecule has 0 N–H and O–H groups in total. The van der Waals surface area contributed by atoms with Gasteiger partial charge in [-0.1, -0.05) is 0 Å². The molecular weight excluding hydrogens is 154 g/mol. The van der Waals surface area contributed by atoms with E-state index in [9.17, 15) is 0 Å². The van der Waals surface area contributed by atoms with Crippen LogP contribution in [-0.2, 0) is 0 Å². The van der Waals surface area contributed by atoms with Gasteiger partial charge in [0.1, 0.15) is 0 Å². The van der Waals surface area contributed by atoms with Crippen molar-refractivity contribution in [3.05, 3.63) is 29.2 Å². The van der Waals surface area contributed by atoms with Crippen LogP contribution in [0.4, 0.5) is 0 Å². The predicted octanol–water partition coefficient (Wildman–Crippen LogP) is 0.138. The van der Waals surface area contributed by atoms with Crippen LogP contribution >= 0.6 is 0 Å². The molecule has 4 nitrogen and oxygen atoms in total. The van der Waals surface area contributed by atoms with Crippen LogP contribution in [-0.4, -0.2) is 11.0 Å². The zero-order valence-corrected chi connectivity index (χ0v) is 6.98. The Morgan fingerprint density at radius 1 is 1.50 bits per heavy atom. The van der Waals surface area contributed by atoms with E-state index in [0.717, 1.165) is 0 Å². The van der Waals surface area contributed by atoms with Crippen LogP contribution in [0.15, 0.2) is 26.7 Å². The monoisotopic (exact) mass is 163 g/mol. The summed E-state index contributed by atoms with van der Waals surface area (Å²) < 4.78 is 5.21. The molecule has 62 valence electrons. The minimum Gasteiger partial charge on any atom is -0.421 e. The first kappa shape index (κ1) is 7.21. The van der Waals surface area contributed by atoms with Gasteiger partial charge in [-0.2, -0.15) is 4.98 Å². The van der Waals surface area contributed by atoms with Gasteiger partial charge in [-0.3, -0.25) is 4.99 Å². The molecule has 1 aliphatic heterocycles. The van der Waals surface area contributed by atoms with E-state index < -0.39 is 0 Å². The Bertz CT molecular complexity index is 430. The molecule has 0 fully saturated rings. The summed E-state index contributed by atoms with van der Waals surface area (Å²) in [5.74, 6) is 0.606. The largest absolute Gasteiger partial charge is 0.421 e. The van der Waals surface area contributed by atoms with Gasteiger partial charge >= 0.3 is 0 Å². The van der Waals surface area contributed by atoms with Crippen LogP contribution in [0.2, 0.25) is 0 Å². The Morgan fingerprint density at radius 3 is 3.17 bits per heavy atom. The summed E-state index contributed by atoms with van der Waals surface area (Å²) in [5, 5.41) is 0. The maximum Gasteiger partial charge on any atom is 0.266 e. The average Bonchev–Trinajstić information content (AvgIpc) is 2.23. The summed E-state index contributed by atoms with van der Waals surface area (Å²) in [6.07, 6.45) is 3.59. The average molecular weight is 163 g/mol. The summed E-state index contributed by atoms with van der Waals surface area (Å²) >= 11 is 0. The lowest BCUT2D eigenvalue weighted by molar-refractivity contribution is 0.475. The third-order valence-corrected chi connectivity index (χ3v) is 1.58. The van der Waals surface area contributed by atoms with Gasteiger partial charge in [0.15, 0.2) is 5.89 Å². The second-order valence-electron chi connectivity index (χ2n) is 2.70. The summed E-state index contributed by atoms with van der Waals surface area (Å²) in [4.78, 5) is 12.4. The van der Waals surface area contributed by atoms with E-state index in [-0.39, 0.29) is 6.04 Å². The van der Waals surface area contributed by atoms with E-state index in [1.54, 1.807) is 13.1 Å². The Kier molecular flexibility index (Phi) is 1.53. The third kappa shape index (κ3) is 1.15. The molecule has 0 spiro atoms. The van der Waals surface area contributed by atoms with Crippen molar-refractivity contribution < 1.29 is 4.42 Å². The number of hydrogen-bond acceptors (Lipinski definition) is 4. The highest BCUT2D eigenvalue weighted by molar-refractivity contribution is 4.94. The maximum atomic E-state index is 5.21. The summed E-state index contributed by atoms with van der Waals surface area (Å²) in [7, 11) is 0. The Morgan fingerprint density at radius 2 is 2.33 bits per heavy atom. The first-order valence-electron chi connectivity index (χ1n) is 3.81. The molecule has 1 aromatic rings. The van der Waals surface area contributed by atoms with Crippen molar-refractivity contribution in [3.8, 4) is 0 Å². The van der Waals surface area contributed by atoms with E-state index in [0.29, 0.717) is 16.9 Å². The van der Waals surface area contributed by atoms with E-state index >= 15 is 0 Å². The summed E-state index contributed by atoms with van der Waals surface area (Å²) in [6, 6.07) is 0.125. The Balaban J connectivity index is 2.74. The Hall–Kier alpha value is -1.45. The van der Waals surface area contributed by atoms with Crippen LogP contribution in [0.1, 0.15) is 12.8 Å². The minimum atomic E-state index is 0.125. The third-order valence-electron chi connectivity index (χ3n) is 1.58. The number of oxazole rings is 1. The minimum absolute atomic E-state index is 0.125. The van der Waals surface area contributed by atoms with E-state index in [1.807, 2.05) is 13.0 Å². The number of nitrogens with zero attached hydrogens (tertiary/aromatic N) is 3. The van der Waals surface area contributed by atoms with Gasteiger partial charge in [-0.15, -0.1) is 0 Å². The fourth-order valence-electron chi connectivity index (χ4n) is 1.04. The van der Waals surface area contributed by atoms with Crippen molar-refractivity contribution in [1.29, 1.82) is 0 Å². The molecule has 1 unspecified atom stereocenters. The molecule has 0 bridgehead atoms. The molecule has 0 aliphatic carbocycles. The van der Waals surface area contributed by atoms with Crippen LogP contribution in [0.5, 0.6) is 0 Å². The smallest absolute Gasteiger partial charge is 0.266 e. The Labute approximate surface area is 69.4 Å². The molecule has 4 heteroatoms. The second kappa shape index (κ2) is 2.55. The number of hydrogen-bond donors (Lipinski definition) is 0. The fraction of sp³-hybridized carbons (Fsp3) is 0.375. The van der Waals surface area contributed by atoms with Crippen LogP contribution in [0, 0.1) is 6.92 Å². The molecule has 1 aliphatic rings. The van der Waals surface area contributed by atoms with Gasteiger partial charge in [0, 0.05) is 13.1 Å². The molecule has 0 amide bonds. The highest BCUT2D eigenvalue weighted by atomic mass is 16.4. The molecule has 0 saturated heterocycles. The van der Waals surface area contributed by atoms with Gasteiger partial charge in [0.2, 0.25) is 5.49 Å². The molecule has 0 radical (unpaired) electrons. The first-order chi connectivity index (χ1) is 5.75. The molecular formula is C8H9N3O. The zero-order valence-electron chi connectivity index (χ0n) is 6.98. The predicted molar refractivity (Wildman–Crippen MR) is 42.2 cm³/mol. The number of aryl methyl sites for hydroxylation is 1. The highest BCUT2D eigenvalue weighted by Gasteiger charge is 2.02. The zero-order chi connectivity index (χ0) is 8.55. The molecule has 2 heterocycles. The lowest BCUT2D eigenvalue weighted by Gasteiger charge is -1.90. The van der Waals surface area contributed by atoms with Crippen LogP contribution in [0.25, 0.3) is 0 Å². The molecule has 0 aromatic carbocycles. The van der Waals surface area contributed by atoms with Gasteiger partial charge in [-0.05, 0) is 13.0 Å². The van der Waals surface area contributed by atoms with E-state index in [1.165, 1.54) is 0 Å². The van der Waals surface area contributed by atoms with Gasteiger partial charge in [-0.25, -0.2) is 4.99 Å². The van der Waals surface area contributed by atoms with Crippen molar-refractivity contribution in [1.82, 2.24) is 4.98 Å². The second-order valence-corrected chi connectivity index (χ2v) is 2.70.